The molecule has 0 aliphatic heterocycles. The standard InChI is InChI=1S/C15H20BrN3O2/c16-11-6-7-12(15(17)19-21)13(9-11)18-14(20)8-5-10-3-1-2-4-10/h6-7,9-10,21H,1-5,8H2,(H2,17,19)(H,18,20). The molecule has 1 aliphatic carbocycles. The van der Waals surface area contributed by atoms with Gasteiger partial charge >= 0.3 is 0 Å². The summed E-state index contributed by atoms with van der Waals surface area (Å²) in [6.45, 7) is 0. The van der Waals surface area contributed by atoms with Gasteiger partial charge in [-0.2, -0.15) is 0 Å². The Morgan fingerprint density at radius 3 is 2.81 bits per heavy atom. The number of hydrogen-bond acceptors (Lipinski definition) is 3. The maximum absolute atomic E-state index is 12.1. The number of rotatable bonds is 5. The predicted octanol–water partition coefficient (Wildman–Crippen LogP) is 3.45. The van der Waals surface area contributed by atoms with Crippen molar-refractivity contribution in [2.45, 2.75) is 38.5 Å². The second kappa shape index (κ2) is 7.45. The van der Waals surface area contributed by atoms with Crippen LogP contribution in [0.15, 0.2) is 27.8 Å². The molecule has 1 amide bonds. The number of oxime groups is 1. The first kappa shape index (κ1) is 15.8. The summed E-state index contributed by atoms with van der Waals surface area (Å²) in [7, 11) is 0. The monoisotopic (exact) mass is 353 g/mol. The van der Waals surface area contributed by atoms with Crippen molar-refractivity contribution < 1.29 is 10.0 Å². The van der Waals surface area contributed by atoms with E-state index in [1.165, 1.54) is 25.7 Å². The van der Waals surface area contributed by atoms with Crippen LogP contribution < -0.4 is 11.1 Å². The summed E-state index contributed by atoms with van der Waals surface area (Å²) >= 11 is 3.36. The van der Waals surface area contributed by atoms with Gasteiger partial charge in [-0.25, -0.2) is 0 Å². The number of nitrogens with one attached hydrogen (secondary N) is 1. The van der Waals surface area contributed by atoms with Crippen molar-refractivity contribution in [3.63, 3.8) is 0 Å². The molecule has 0 saturated heterocycles. The van der Waals surface area contributed by atoms with Crippen molar-refractivity contribution in [2.75, 3.05) is 5.32 Å². The van der Waals surface area contributed by atoms with E-state index in [2.05, 4.69) is 26.4 Å². The van der Waals surface area contributed by atoms with Crippen LogP contribution in [0.2, 0.25) is 0 Å². The van der Waals surface area contributed by atoms with E-state index in [9.17, 15) is 4.79 Å². The van der Waals surface area contributed by atoms with Crippen LogP contribution >= 0.6 is 15.9 Å². The normalized spacial score (nSPS) is 16.1. The van der Waals surface area contributed by atoms with Gasteiger partial charge < -0.3 is 16.3 Å². The number of hydrogen-bond donors (Lipinski definition) is 3. The first-order chi connectivity index (χ1) is 10.1. The maximum Gasteiger partial charge on any atom is 0.224 e. The SMILES string of the molecule is N/C(=N/O)c1ccc(Br)cc1NC(=O)CCC1CCCC1. The van der Waals surface area contributed by atoms with Crippen molar-refractivity contribution >= 4 is 33.4 Å². The van der Waals surface area contributed by atoms with Gasteiger partial charge in [-0.3, -0.25) is 4.79 Å². The Balaban J connectivity index is 2.00. The molecule has 0 heterocycles. The highest BCUT2D eigenvalue weighted by molar-refractivity contribution is 9.10. The highest BCUT2D eigenvalue weighted by Gasteiger charge is 2.17. The number of nitrogens with zero attached hydrogens (tertiary/aromatic N) is 1. The quantitative estimate of drug-likeness (QED) is 0.328. The number of halogens is 1. The summed E-state index contributed by atoms with van der Waals surface area (Å²) in [4.78, 5) is 12.1. The first-order valence-electron chi connectivity index (χ1n) is 7.17. The fraction of sp³-hybridized carbons (Fsp3) is 0.467. The molecular formula is C15H20BrN3O2. The molecule has 5 nitrogen and oxygen atoms in total. The average molecular weight is 354 g/mol. The van der Waals surface area contributed by atoms with Gasteiger partial charge in [0.05, 0.1) is 5.69 Å². The number of carbonyl (C=O) groups is 1. The Bertz CT molecular complexity index is 540. The Labute approximate surface area is 132 Å². The lowest BCUT2D eigenvalue weighted by molar-refractivity contribution is -0.116. The number of nitrogens with two attached hydrogens (primary N) is 1. The van der Waals surface area contributed by atoms with Gasteiger partial charge in [-0.05, 0) is 30.5 Å². The van der Waals surface area contributed by atoms with Crippen LogP contribution in [0.25, 0.3) is 0 Å². The van der Waals surface area contributed by atoms with Crippen molar-refractivity contribution in [2.24, 2.45) is 16.8 Å². The van der Waals surface area contributed by atoms with Gasteiger partial charge in [0, 0.05) is 16.5 Å². The van der Waals surface area contributed by atoms with Crippen LogP contribution in [0.1, 0.15) is 44.1 Å². The van der Waals surface area contributed by atoms with Crippen LogP contribution in [-0.2, 0) is 4.79 Å². The number of anilines is 1. The third kappa shape index (κ3) is 4.46. The average Bonchev–Trinajstić information content (AvgIpc) is 2.98. The molecule has 1 aromatic carbocycles. The molecule has 0 atom stereocenters. The summed E-state index contributed by atoms with van der Waals surface area (Å²) in [6.07, 6.45) is 6.47. The third-order valence-corrected chi connectivity index (χ3v) is 4.39. The summed E-state index contributed by atoms with van der Waals surface area (Å²) in [5.74, 6) is 0.627. The van der Waals surface area contributed by atoms with E-state index in [1.807, 2.05) is 0 Å². The molecule has 6 heteroatoms. The predicted molar refractivity (Wildman–Crippen MR) is 86.5 cm³/mol. The molecule has 21 heavy (non-hydrogen) atoms. The van der Waals surface area contributed by atoms with Crippen LogP contribution in [0.4, 0.5) is 5.69 Å². The van der Waals surface area contributed by atoms with Gasteiger partial charge in [-0.1, -0.05) is 46.8 Å². The van der Waals surface area contributed by atoms with Crippen LogP contribution in [0.3, 0.4) is 0 Å². The fourth-order valence-corrected chi connectivity index (χ4v) is 3.11. The minimum absolute atomic E-state index is 0.0198. The lowest BCUT2D eigenvalue weighted by Gasteiger charge is -2.12. The first-order valence-corrected chi connectivity index (χ1v) is 7.96. The molecule has 1 fully saturated rings. The van der Waals surface area contributed by atoms with E-state index in [1.54, 1.807) is 18.2 Å². The highest BCUT2D eigenvalue weighted by atomic mass is 79.9. The number of carbonyl (C=O) groups excluding carboxylic acids is 1. The molecule has 0 spiro atoms. The van der Waals surface area contributed by atoms with Crippen molar-refractivity contribution in [1.29, 1.82) is 0 Å². The van der Waals surface area contributed by atoms with E-state index >= 15 is 0 Å². The van der Waals surface area contributed by atoms with Gasteiger partial charge in [-0.15, -0.1) is 0 Å². The molecule has 0 bridgehead atoms. The molecule has 0 radical (unpaired) electrons. The molecule has 0 unspecified atom stereocenters. The number of amidine groups is 1. The molecule has 114 valence electrons. The lowest BCUT2D eigenvalue weighted by atomic mass is 10.0. The Morgan fingerprint density at radius 2 is 2.14 bits per heavy atom. The van der Waals surface area contributed by atoms with Gasteiger partial charge in [0.25, 0.3) is 0 Å². The van der Waals surface area contributed by atoms with Crippen molar-refractivity contribution in [3.8, 4) is 0 Å². The molecule has 4 N–H and O–H groups in total. The smallest absolute Gasteiger partial charge is 0.224 e. The summed E-state index contributed by atoms with van der Waals surface area (Å²) in [6, 6.07) is 5.23. The van der Waals surface area contributed by atoms with Crippen molar-refractivity contribution in [1.82, 2.24) is 0 Å². The number of benzene rings is 1. The van der Waals surface area contributed by atoms with Crippen molar-refractivity contribution in [3.05, 3.63) is 28.2 Å². The van der Waals surface area contributed by atoms with Gasteiger partial charge in [0.15, 0.2) is 5.84 Å². The van der Waals surface area contributed by atoms with Crippen LogP contribution in [-0.4, -0.2) is 17.0 Å². The van der Waals surface area contributed by atoms with Gasteiger partial charge in [0.2, 0.25) is 5.91 Å². The molecule has 1 saturated carbocycles. The maximum atomic E-state index is 12.1. The zero-order valence-electron chi connectivity index (χ0n) is 11.8. The minimum atomic E-state index is -0.0352. The topological polar surface area (TPSA) is 87.7 Å². The second-order valence-electron chi connectivity index (χ2n) is 5.41. The molecular weight excluding hydrogens is 334 g/mol. The molecule has 0 aromatic heterocycles. The van der Waals surface area contributed by atoms with E-state index in [0.717, 1.165) is 10.9 Å². The summed E-state index contributed by atoms with van der Waals surface area (Å²) in [5.41, 5.74) is 6.69. The summed E-state index contributed by atoms with van der Waals surface area (Å²) in [5, 5.41) is 14.6. The zero-order valence-corrected chi connectivity index (χ0v) is 13.4. The second-order valence-corrected chi connectivity index (χ2v) is 6.33. The molecule has 1 aromatic rings. The largest absolute Gasteiger partial charge is 0.409 e. The van der Waals surface area contributed by atoms with E-state index < -0.39 is 0 Å². The minimum Gasteiger partial charge on any atom is -0.409 e. The van der Waals surface area contributed by atoms with Crippen LogP contribution in [0, 0.1) is 5.92 Å². The van der Waals surface area contributed by atoms with E-state index in [-0.39, 0.29) is 11.7 Å². The Morgan fingerprint density at radius 1 is 1.43 bits per heavy atom. The Kier molecular flexibility index (Phi) is 5.61. The molecule has 2 rings (SSSR count). The van der Waals surface area contributed by atoms with Gasteiger partial charge in [0.1, 0.15) is 0 Å². The van der Waals surface area contributed by atoms with E-state index in [4.69, 9.17) is 10.9 Å². The highest BCUT2D eigenvalue weighted by Crippen LogP contribution is 2.29. The fourth-order valence-electron chi connectivity index (χ4n) is 2.74. The number of amides is 1. The van der Waals surface area contributed by atoms with Crippen LogP contribution in [0.5, 0.6) is 0 Å². The zero-order chi connectivity index (χ0) is 15.2. The summed E-state index contributed by atoms with van der Waals surface area (Å²) < 4.78 is 0.822. The Hall–Kier alpha value is -1.56. The third-order valence-electron chi connectivity index (χ3n) is 3.89. The lowest BCUT2D eigenvalue weighted by Crippen LogP contribution is -2.19. The molecule has 1 aliphatic rings. The van der Waals surface area contributed by atoms with E-state index in [0.29, 0.717) is 23.6 Å².